The summed E-state index contributed by atoms with van der Waals surface area (Å²) in [5.41, 5.74) is -1.16. The molecule has 0 aromatic heterocycles. The van der Waals surface area contributed by atoms with Gasteiger partial charge in [0.05, 0.1) is 12.6 Å². The Bertz CT molecular complexity index is 361. The normalized spacial score (nSPS) is 41.9. The highest BCUT2D eigenvalue weighted by atomic mass is 16.7. The maximum absolute atomic E-state index is 12.2. The zero-order valence-corrected chi connectivity index (χ0v) is 11.1. The van der Waals surface area contributed by atoms with Crippen LogP contribution in [0.25, 0.3) is 0 Å². The van der Waals surface area contributed by atoms with Crippen LogP contribution >= 0.6 is 0 Å². The fourth-order valence-electron chi connectivity index (χ4n) is 2.30. The highest BCUT2D eigenvalue weighted by Crippen LogP contribution is 2.41. The fraction of sp³-hybridized carbons (Fsp3) is 0.917. The third-order valence-corrected chi connectivity index (χ3v) is 3.54. The number of ether oxygens (including phenoxy) is 2. The van der Waals surface area contributed by atoms with E-state index in [-0.39, 0.29) is 23.4 Å². The van der Waals surface area contributed by atoms with Gasteiger partial charge in [0, 0.05) is 11.3 Å². The maximum Gasteiger partial charge on any atom is 0.341 e. The topological polar surface area (TPSA) is 60.2 Å². The van der Waals surface area contributed by atoms with Gasteiger partial charge in [-0.15, -0.1) is 0 Å². The van der Waals surface area contributed by atoms with Crippen molar-refractivity contribution in [1.29, 1.82) is 0 Å². The quantitative estimate of drug-likeness (QED) is 0.609. The smallest absolute Gasteiger partial charge is 0.341 e. The fourth-order valence-corrected chi connectivity index (χ4v) is 2.30. The van der Waals surface area contributed by atoms with E-state index >= 15 is 0 Å². The van der Waals surface area contributed by atoms with Gasteiger partial charge >= 0.3 is 5.97 Å². The van der Waals surface area contributed by atoms with Crippen molar-refractivity contribution >= 4 is 5.97 Å². The molecule has 1 saturated heterocycles. The molecule has 0 amide bonds. The molecule has 0 aromatic carbocycles. The number of hydrogen-bond acceptors (Lipinski definition) is 5. The van der Waals surface area contributed by atoms with Crippen LogP contribution in [0.2, 0.25) is 0 Å². The second-order valence-electron chi connectivity index (χ2n) is 6.03. The zero-order chi connectivity index (χ0) is 12.8. The average molecular weight is 240 g/mol. The summed E-state index contributed by atoms with van der Waals surface area (Å²) in [7, 11) is 0. The Balaban J connectivity index is 2.26. The van der Waals surface area contributed by atoms with E-state index < -0.39 is 11.8 Å². The van der Waals surface area contributed by atoms with E-state index in [0.717, 1.165) is 0 Å². The highest BCUT2D eigenvalue weighted by Gasteiger charge is 2.58. The first-order valence-electron chi connectivity index (χ1n) is 6.03. The van der Waals surface area contributed by atoms with Gasteiger partial charge in [0.25, 0.3) is 0 Å². The molecule has 2 aliphatic heterocycles. The van der Waals surface area contributed by atoms with Gasteiger partial charge in [0.2, 0.25) is 11.8 Å². The summed E-state index contributed by atoms with van der Waals surface area (Å²) >= 11 is 0. The number of azo groups is 1. The summed E-state index contributed by atoms with van der Waals surface area (Å²) in [6, 6.07) is 0. The highest BCUT2D eigenvalue weighted by molar-refractivity contribution is 5.83. The van der Waals surface area contributed by atoms with E-state index in [1.165, 1.54) is 0 Å². The van der Waals surface area contributed by atoms with Crippen molar-refractivity contribution in [3.8, 4) is 0 Å². The van der Waals surface area contributed by atoms with Crippen LogP contribution in [-0.4, -0.2) is 30.4 Å². The third kappa shape index (κ3) is 1.76. The van der Waals surface area contributed by atoms with Crippen LogP contribution in [0, 0.1) is 11.3 Å². The molecule has 0 aromatic rings. The summed E-state index contributed by atoms with van der Waals surface area (Å²) in [4.78, 5) is 12.2. The van der Waals surface area contributed by atoms with Crippen LogP contribution in [0.5, 0.6) is 0 Å². The first-order valence-corrected chi connectivity index (χ1v) is 6.03. The summed E-state index contributed by atoms with van der Waals surface area (Å²) in [5, 5.41) is 8.09. The van der Waals surface area contributed by atoms with Gasteiger partial charge in [-0.05, 0) is 6.92 Å². The van der Waals surface area contributed by atoms with Gasteiger partial charge in [-0.2, -0.15) is 10.2 Å². The predicted molar refractivity (Wildman–Crippen MR) is 61.5 cm³/mol. The molecule has 0 aliphatic carbocycles. The molecule has 1 fully saturated rings. The molecular formula is C12H20N2O3. The molecule has 0 unspecified atom stereocenters. The van der Waals surface area contributed by atoms with Crippen LogP contribution in [0.4, 0.5) is 0 Å². The van der Waals surface area contributed by atoms with Crippen molar-refractivity contribution in [2.45, 2.75) is 52.6 Å². The van der Waals surface area contributed by atoms with Crippen molar-refractivity contribution in [3.05, 3.63) is 0 Å². The lowest BCUT2D eigenvalue weighted by Crippen LogP contribution is -2.60. The van der Waals surface area contributed by atoms with Gasteiger partial charge in [0.15, 0.2) is 0 Å². The number of cyclic esters (lactones) is 1. The number of nitrogens with zero attached hydrogens (tertiary/aromatic N) is 2. The largest absolute Gasteiger partial charge is 0.433 e. The molecule has 2 rings (SSSR count). The van der Waals surface area contributed by atoms with Gasteiger partial charge in [-0.3, -0.25) is 0 Å². The zero-order valence-electron chi connectivity index (χ0n) is 11.1. The van der Waals surface area contributed by atoms with Crippen LogP contribution in [0.3, 0.4) is 0 Å². The van der Waals surface area contributed by atoms with Gasteiger partial charge in [-0.25, -0.2) is 4.79 Å². The average Bonchev–Trinajstić information content (AvgIpc) is 2.56. The van der Waals surface area contributed by atoms with E-state index in [0.29, 0.717) is 6.54 Å². The lowest BCUT2D eigenvalue weighted by atomic mass is 9.81. The maximum atomic E-state index is 12.2. The Morgan fingerprint density at radius 2 is 2.00 bits per heavy atom. The lowest BCUT2D eigenvalue weighted by Gasteiger charge is -2.44. The second-order valence-corrected chi connectivity index (χ2v) is 6.03. The molecule has 0 bridgehead atoms. The number of esters is 1. The van der Waals surface area contributed by atoms with Crippen molar-refractivity contribution in [1.82, 2.24) is 0 Å². The first-order chi connectivity index (χ1) is 7.78. The van der Waals surface area contributed by atoms with E-state index in [4.69, 9.17) is 9.47 Å². The molecule has 5 nitrogen and oxygen atoms in total. The van der Waals surface area contributed by atoms with Gasteiger partial charge < -0.3 is 9.47 Å². The molecule has 96 valence electrons. The Morgan fingerprint density at radius 1 is 1.35 bits per heavy atom. The minimum absolute atomic E-state index is 0.0333. The number of carbonyl (C=O) groups is 1. The Hall–Kier alpha value is -0.970. The third-order valence-electron chi connectivity index (χ3n) is 3.54. The van der Waals surface area contributed by atoms with Gasteiger partial charge in [0.1, 0.15) is 0 Å². The van der Waals surface area contributed by atoms with Crippen molar-refractivity contribution in [2.24, 2.45) is 21.6 Å². The molecule has 0 radical (unpaired) electrons. The molecule has 1 spiro atoms. The van der Waals surface area contributed by atoms with E-state index in [2.05, 4.69) is 10.2 Å². The van der Waals surface area contributed by atoms with Crippen LogP contribution in [0.15, 0.2) is 10.2 Å². The lowest BCUT2D eigenvalue weighted by molar-refractivity contribution is -0.260. The monoisotopic (exact) mass is 240 g/mol. The second kappa shape index (κ2) is 3.77. The predicted octanol–water partition coefficient (Wildman–Crippen LogP) is 2.16. The van der Waals surface area contributed by atoms with Crippen LogP contribution in [-0.2, 0) is 14.3 Å². The van der Waals surface area contributed by atoms with E-state index in [1.807, 2.05) is 34.6 Å². The molecule has 0 saturated carbocycles. The number of hydrogen-bond donors (Lipinski definition) is 0. The van der Waals surface area contributed by atoms with Crippen molar-refractivity contribution < 1.29 is 14.3 Å². The molecule has 2 heterocycles. The number of carbonyl (C=O) groups excluding carboxylic acids is 1. The molecular weight excluding hydrogens is 220 g/mol. The van der Waals surface area contributed by atoms with Crippen molar-refractivity contribution in [3.63, 3.8) is 0 Å². The summed E-state index contributed by atoms with van der Waals surface area (Å²) in [5.74, 6) is -0.268. The van der Waals surface area contributed by atoms with Crippen LogP contribution < -0.4 is 0 Å². The van der Waals surface area contributed by atoms with E-state index in [9.17, 15) is 4.79 Å². The number of rotatable bonds is 0. The molecule has 5 heteroatoms. The molecule has 17 heavy (non-hydrogen) atoms. The first kappa shape index (κ1) is 12.5. The van der Waals surface area contributed by atoms with Gasteiger partial charge in [-0.1, -0.05) is 27.7 Å². The molecule has 4 atom stereocenters. The summed E-state index contributed by atoms with van der Waals surface area (Å²) in [6.45, 7) is 10.3. The van der Waals surface area contributed by atoms with Crippen molar-refractivity contribution in [2.75, 3.05) is 6.54 Å². The summed E-state index contributed by atoms with van der Waals surface area (Å²) in [6.07, 6.45) is -0.812. The Kier molecular flexibility index (Phi) is 2.77. The Labute approximate surface area is 102 Å². The summed E-state index contributed by atoms with van der Waals surface area (Å²) < 4.78 is 11.2. The minimum Gasteiger partial charge on any atom is -0.433 e. The Morgan fingerprint density at radius 3 is 2.41 bits per heavy atom. The SMILES string of the molecule is C[C@H]1CN=N[C@@]12C(=O)O[C@H](C(C)(C)C)O[C@@H]2C. The van der Waals surface area contributed by atoms with E-state index in [1.54, 1.807) is 0 Å². The molecule has 2 aliphatic rings. The standard InChI is InChI=1S/C12H20N2O3/c1-7-6-13-14-12(7)8(2)16-10(11(3,4)5)17-9(12)15/h7-8,10H,6H2,1-5H3/t7-,8+,10+,12-/m0/s1. The van der Waals surface area contributed by atoms with Crippen LogP contribution in [0.1, 0.15) is 34.6 Å². The molecule has 0 N–H and O–H groups in total. The minimum atomic E-state index is -0.929.